The van der Waals surface area contributed by atoms with Gasteiger partial charge in [-0.15, -0.1) is 0 Å². The number of sulfonamides is 1. The van der Waals surface area contributed by atoms with Crippen LogP contribution in [-0.2, 0) is 21.5 Å². The summed E-state index contributed by atoms with van der Waals surface area (Å²) in [5.74, 6) is 0.281. The number of aromatic nitrogens is 2. The molecular weight excluding hydrogens is 492 g/mol. The molecule has 0 spiro atoms. The molecular formula is C27H26N4O5S. The number of ether oxygens (including phenoxy) is 2. The Balaban J connectivity index is 1.16. The lowest BCUT2D eigenvalue weighted by molar-refractivity contribution is 0.0730. The molecule has 1 aromatic heterocycles. The number of benzene rings is 3. The second-order valence-corrected chi connectivity index (χ2v) is 10.3. The van der Waals surface area contributed by atoms with E-state index in [4.69, 9.17) is 9.47 Å². The van der Waals surface area contributed by atoms with Crippen molar-refractivity contribution in [2.24, 2.45) is 0 Å². The molecule has 1 amide bonds. The Kier molecular flexibility index (Phi) is 7.31. The lowest BCUT2D eigenvalue weighted by Gasteiger charge is -2.26. The second kappa shape index (κ2) is 11.0. The van der Waals surface area contributed by atoms with Crippen LogP contribution in [-0.4, -0.2) is 54.7 Å². The molecule has 1 fully saturated rings. The van der Waals surface area contributed by atoms with E-state index in [1.807, 2.05) is 54.6 Å². The first-order valence-electron chi connectivity index (χ1n) is 11.8. The van der Waals surface area contributed by atoms with Crippen LogP contribution in [0.15, 0.2) is 96.0 Å². The number of nitrogens with zero attached hydrogens (tertiary/aromatic N) is 3. The smallest absolute Gasteiger partial charge is 0.276 e. The Labute approximate surface area is 215 Å². The monoisotopic (exact) mass is 518 g/mol. The molecule has 2 heterocycles. The van der Waals surface area contributed by atoms with Crippen LogP contribution in [0, 0.1) is 0 Å². The molecule has 0 saturated carbocycles. The van der Waals surface area contributed by atoms with Crippen molar-refractivity contribution in [3.05, 3.63) is 96.8 Å². The summed E-state index contributed by atoms with van der Waals surface area (Å²) in [6.07, 6.45) is 1.66. The van der Waals surface area contributed by atoms with Crippen LogP contribution in [0.4, 0.5) is 5.69 Å². The summed E-state index contributed by atoms with van der Waals surface area (Å²) in [7, 11) is -3.59. The number of hydrogen-bond donors (Lipinski definition) is 1. The zero-order valence-electron chi connectivity index (χ0n) is 20.0. The zero-order valence-corrected chi connectivity index (χ0v) is 20.8. The number of anilines is 1. The summed E-state index contributed by atoms with van der Waals surface area (Å²) < 4.78 is 39.4. The lowest BCUT2D eigenvalue weighted by atomic mass is 10.1. The first kappa shape index (κ1) is 24.7. The topological polar surface area (TPSA) is 103 Å². The van der Waals surface area contributed by atoms with Crippen molar-refractivity contribution in [1.29, 1.82) is 0 Å². The van der Waals surface area contributed by atoms with Gasteiger partial charge in [-0.1, -0.05) is 42.5 Å². The van der Waals surface area contributed by atoms with Gasteiger partial charge in [0.05, 0.1) is 18.1 Å². The van der Waals surface area contributed by atoms with E-state index in [0.717, 1.165) is 11.1 Å². The van der Waals surface area contributed by atoms with E-state index < -0.39 is 15.9 Å². The van der Waals surface area contributed by atoms with Gasteiger partial charge in [0.2, 0.25) is 10.0 Å². The van der Waals surface area contributed by atoms with Crippen LogP contribution in [0.2, 0.25) is 0 Å². The predicted molar refractivity (Wildman–Crippen MR) is 139 cm³/mol. The van der Waals surface area contributed by atoms with Gasteiger partial charge < -0.3 is 14.8 Å². The first-order valence-corrected chi connectivity index (χ1v) is 13.2. The maximum Gasteiger partial charge on any atom is 0.276 e. The van der Waals surface area contributed by atoms with Crippen molar-refractivity contribution >= 4 is 21.6 Å². The molecule has 0 bridgehead atoms. The number of carbonyl (C=O) groups is 1. The Morgan fingerprint density at radius 1 is 0.892 bits per heavy atom. The van der Waals surface area contributed by atoms with Crippen molar-refractivity contribution in [3.63, 3.8) is 0 Å². The fourth-order valence-corrected chi connectivity index (χ4v) is 5.32. The molecule has 1 N–H and O–H groups in total. The molecule has 10 heteroatoms. The van der Waals surface area contributed by atoms with E-state index in [0.29, 0.717) is 37.7 Å². The van der Waals surface area contributed by atoms with Gasteiger partial charge in [-0.05, 0) is 53.6 Å². The number of nitrogens with one attached hydrogen (secondary N) is 1. The largest absolute Gasteiger partial charge is 0.471 e. The minimum absolute atomic E-state index is 0.145. The van der Waals surface area contributed by atoms with Crippen molar-refractivity contribution < 1.29 is 22.7 Å². The van der Waals surface area contributed by atoms with E-state index in [1.54, 1.807) is 24.4 Å². The van der Waals surface area contributed by atoms with Gasteiger partial charge in [0.15, 0.2) is 12.4 Å². The highest BCUT2D eigenvalue weighted by atomic mass is 32.2. The highest BCUT2D eigenvalue weighted by molar-refractivity contribution is 7.89. The summed E-state index contributed by atoms with van der Waals surface area (Å²) in [6.45, 7) is 1.56. The van der Waals surface area contributed by atoms with Crippen LogP contribution in [0.1, 0.15) is 10.5 Å². The summed E-state index contributed by atoms with van der Waals surface area (Å²) in [6, 6.07) is 25.5. The SMILES string of the molecule is O=C(Nc1ccc(S(=O)(=O)N2CCOCC2)cc1)c1ccn(COc2ccc(-c3ccccc3)cc2)n1. The molecule has 4 aromatic rings. The maximum absolute atomic E-state index is 12.7. The van der Waals surface area contributed by atoms with Crippen molar-refractivity contribution in [2.75, 3.05) is 31.6 Å². The van der Waals surface area contributed by atoms with E-state index in [-0.39, 0.29) is 17.3 Å². The van der Waals surface area contributed by atoms with Crippen molar-refractivity contribution in [3.8, 4) is 16.9 Å². The fraction of sp³-hybridized carbons (Fsp3) is 0.185. The van der Waals surface area contributed by atoms with E-state index in [1.165, 1.54) is 21.1 Å². The van der Waals surface area contributed by atoms with Gasteiger partial charge in [-0.25, -0.2) is 13.1 Å². The third-order valence-electron chi connectivity index (χ3n) is 5.92. The zero-order chi connectivity index (χ0) is 25.7. The van der Waals surface area contributed by atoms with E-state index >= 15 is 0 Å². The molecule has 3 aromatic carbocycles. The van der Waals surface area contributed by atoms with Crippen LogP contribution in [0.25, 0.3) is 11.1 Å². The molecule has 190 valence electrons. The summed E-state index contributed by atoms with van der Waals surface area (Å²) in [4.78, 5) is 12.8. The summed E-state index contributed by atoms with van der Waals surface area (Å²) in [5.41, 5.74) is 2.91. The molecule has 1 aliphatic rings. The summed E-state index contributed by atoms with van der Waals surface area (Å²) >= 11 is 0. The van der Waals surface area contributed by atoms with Crippen LogP contribution < -0.4 is 10.1 Å². The van der Waals surface area contributed by atoms with Gasteiger partial charge in [-0.3, -0.25) is 4.79 Å². The van der Waals surface area contributed by atoms with Gasteiger partial charge in [0, 0.05) is 25.0 Å². The average Bonchev–Trinajstić information content (AvgIpc) is 3.43. The van der Waals surface area contributed by atoms with Gasteiger partial charge in [-0.2, -0.15) is 9.40 Å². The van der Waals surface area contributed by atoms with E-state index in [2.05, 4.69) is 10.4 Å². The van der Waals surface area contributed by atoms with Crippen LogP contribution in [0.5, 0.6) is 5.75 Å². The van der Waals surface area contributed by atoms with Crippen molar-refractivity contribution in [1.82, 2.24) is 14.1 Å². The number of morpholine rings is 1. The average molecular weight is 519 g/mol. The van der Waals surface area contributed by atoms with Gasteiger partial charge in [0.25, 0.3) is 5.91 Å². The maximum atomic E-state index is 12.7. The minimum atomic E-state index is -3.59. The van der Waals surface area contributed by atoms with Crippen molar-refractivity contribution in [2.45, 2.75) is 11.6 Å². The Hall–Kier alpha value is -3.99. The Bertz CT molecular complexity index is 1450. The van der Waals surface area contributed by atoms with E-state index in [9.17, 15) is 13.2 Å². The molecule has 0 aliphatic carbocycles. The van der Waals surface area contributed by atoms with Crippen LogP contribution >= 0.6 is 0 Å². The quantitative estimate of drug-likeness (QED) is 0.380. The number of hydrogen-bond acceptors (Lipinski definition) is 6. The molecule has 0 unspecified atom stereocenters. The lowest BCUT2D eigenvalue weighted by Crippen LogP contribution is -2.40. The number of carbonyl (C=O) groups excluding carboxylic acids is 1. The van der Waals surface area contributed by atoms with Gasteiger partial charge in [0.1, 0.15) is 5.75 Å². The normalized spacial score (nSPS) is 14.3. The Morgan fingerprint density at radius 2 is 1.57 bits per heavy atom. The highest BCUT2D eigenvalue weighted by Gasteiger charge is 2.26. The molecule has 9 nitrogen and oxygen atoms in total. The molecule has 37 heavy (non-hydrogen) atoms. The fourth-order valence-electron chi connectivity index (χ4n) is 3.91. The second-order valence-electron chi connectivity index (χ2n) is 8.40. The van der Waals surface area contributed by atoms with Crippen LogP contribution in [0.3, 0.4) is 0 Å². The third-order valence-corrected chi connectivity index (χ3v) is 7.83. The predicted octanol–water partition coefficient (Wildman–Crippen LogP) is 3.86. The molecule has 0 radical (unpaired) electrons. The minimum Gasteiger partial charge on any atom is -0.471 e. The number of amides is 1. The van der Waals surface area contributed by atoms with Gasteiger partial charge >= 0.3 is 0 Å². The summed E-state index contributed by atoms with van der Waals surface area (Å²) in [5, 5.41) is 7.01. The number of rotatable bonds is 8. The Morgan fingerprint density at radius 3 is 2.27 bits per heavy atom. The standard InChI is InChI=1S/C27H26N4O5S/c32-27(28-23-8-12-25(13-9-23)37(33,34)31-16-18-35-19-17-31)26-14-15-30(29-26)20-36-24-10-6-22(7-11-24)21-4-2-1-3-5-21/h1-15H,16-20H2,(H,28,32). The third kappa shape index (κ3) is 5.88. The molecule has 1 saturated heterocycles. The highest BCUT2D eigenvalue weighted by Crippen LogP contribution is 2.22. The first-order chi connectivity index (χ1) is 18.0. The molecule has 5 rings (SSSR count). The molecule has 0 atom stereocenters. The molecule has 1 aliphatic heterocycles.